The number of amides is 1. The number of aliphatic imine (C=N–C) groups is 1. The molecule has 0 bridgehead atoms. The van der Waals surface area contributed by atoms with E-state index in [0.717, 1.165) is 51.4 Å². The van der Waals surface area contributed by atoms with Gasteiger partial charge in [-0.1, -0.05) is 18.2 Å². The molecular formula is C20H28IN5O. The van der Waals surface area contributed by atoms with Crippen LogP contribution in [0.1, 0.15) is 25.0 Å². The van der Waals surface area contributed by atoms with Crippen LogP contribution in [0, 0.1) is 5.41 Å². The van der Waals surface area contributed by atoms with Gasteiger partial charge in [-0.3, -0.25) is 9.79 Å². The molecule has 3 N–H and O–H groups in total. The third-order valence-electron chi connectivity index (χ3n) is 5.63. The summed E-state index contributed by atoms with van der Waals surface area (Å²) in [6, 6.07) is 10.6. The molecule has 0 aliphatic carbocycles. The van der Waals surface area contributed by atoms with E-state index in [1.54, 1.807) is 0 Å². The van der Waals surface area contributed by atoms with E-state index in [1.165, 1.54) is 16.6 Å². The average Bonchev–Trinajstić information content (AvgIpc) is 3.22. The Morgan fingerprint density at radius 1 is 1.37 bits per heavy atom. The minimum Gasteiger partial charge on any atom is -0.358 e. The van der Waals surface area contributed by atoms with Gasteiger partial charge in [-0.05, 0) is 30.4 Å². The van der Waals surface area contributed by atoms with Crippen molar-refractivity contribution in [2.45, 2.75) is 25.7 Å². The highest BCUT2D eigenvalue weighted by Gasteiger charge is 2.42. The van der Waals surface area contributed by atoms with Gasteiger partial charge in [0.15, 0.2) is 5.96 Å². The van der Waals surface area contributed by atoms with E-state index in [9.17, 15) is 4.79 Å². The van der Waals surface area contributed by atoms with E-state index in [1.807, 2.05) is 7.05 Å². The zero-order valence-electron chi connectivity index (χ0n) is 15.8. The van der Waals surface area contributed by atoms with E-state index >= 15 is 0 Å². The summed E-state index contributed by atoms with van der Waals surface area (Å²) < 4.78 is 0. The Morgan fingerprint density at radius 3 is 2.96 bits per heavy atom. The van der Waals surface area contributed by atoms with Crippen LogP contribution in [0.4, 0.5) is 0 Å². The average molecular weight is 481 g/mol. The van der Waals surface area contributed by atoms with Crippen molar-refractivity contribution in [2.24, 2.45) is 10.4 Å². The Bertz CT molecular complexity index is 800. The Labute approximate surface area is 177 Å². The SMILES string of the molecule is CN=C(NCCc1cc2ccccc2[nH]1)N1CCCC2(CNC(=O)C2)C1.I. The number of aromatic amines is 1. The molecule has 1 atom stereocenters. The van der Waals surface area contributed by atoms with E-state index in [0.29, 0.717) is 6.42 Å². The van der Waals surface area contributed by atoms with Gasteiger partial charge in [-0.15, -0.1) is 24.0 Å². The van der Waals surface area contributed by atoms with Crippen molar-refractivity contribution in [3.05, 3.63) is 36.0 Å². The second-order valence-corrected chi connectivity index (χ2v) is 7.58. The predicted octanol–water partition coefficient (Wildman–Crippen LogP) is 2.51. The molecular weight excluding hydrogens is 453 g/mol. The first-order valence-electron chi connectivity index (χ1n) is 9.46. The van der Waals surface area contributed by atoms with Gasteiger partial charge in [0.1, 0.15) is 0 Å². The number of rotatable bonds is 3. The first-order valence-corrected chi connectivity index (χ1v) is 9.46. The topological polar surface area (TPSA) is 72.5 Å². The first kappa shape index (κ1) is 20.0. The van der Waals surface area contributed by atoms with Crippen molar-refractivity contribution in [1.29, 1.82) is 0 Å². The van der Waals surface area contributed by atoms with Gasteiger partial charge < -0.3 is 20.5 Å². The van der Waals surface area contributed by atoms with Crippen LogP contribution in [0.2, 0.25) is 0 Å². The quantitative estimate of drug-likeness (QED) is 0.359. The van der Waals surface area contributed by atoms with Crippen LogP contribution in [-0.4, -0.2) is 55.0 Å². The highest BCUT2D eigenvalue weighted by atomic mass is 127. The van der Waals surface area contributed by atoms with E-state index < -0.39 is 0 Å². The Balaban J connectivity index is 0.00000210. The molecule has 2 aromatic rings. The van der Waals surface area contributed by atoms with Crippen LogP contribution in [0.5, 0.6) is 0 Å². The lowest BCUT2D eigenvalue weighted by Gasteiger charge is -2.40. The molecule has 1 aromatic heterocycles. The minimum atomic E-state index is 0. The van der Waals surface area contributed by atoms with E-state index in [-0.39, 0.29) is 35.3 Å². The fourth-order valence-corrected chi connectivity index (χ4v) is 4.34. The Kier molecular flexibility index (Phi) is 6.29. The number of likely N-dealkylation sites (tertiary alicyclic amines) is 1. The van der Waals surface area contributed by atoms with Crippen LogP contribution in [0.25, 0.3) is 10.9 Å². The summed E-state index contributed by atoms with van der Waals surface area (Å²) in [4.78, 5) is 21.9. The number of fused-ring (bicyclic) bond motifs is 1. The molecule has 0 saturated carbocycles. The van der Waals surface area contributed by atoms with Crippen LogP contribution in [-0.2, 0) is 11.2 Å². The molecule has 0 radical (unpaired) electrons. The smallest absolute Gasteiger partial charge is 0.220 e. The van der Waals surface area contributed by atoms with Crippen molar-refractivity contribution in [3.8, 4) is 0 Å². The van der Waals surface area contributed by atoms with Crippen molar-refractivity contribution in [3.63, 3.8) is 0 Å². The highest BCUT2D eigenvalue weighted by Crippen LogP contribution is 2.35. The van der Waals surface area contributed by atoms with Gasteiger partial charge in [-0.2, -0.15) is 0 Å². The number of hydrogen-bond acceptors (Lipinski definition) is 2. The molecule has 4 rings (SSSR count). The van der Waals surface area contributed by atoms with Gasteiger partial charge in [0, 0.05) is 62.7 Å². The molecule has 27 heavy (non-hydrogen) atoms. The maximum atomic E-state index is 11.7. The van der Waals surface area contributed by atoms with Crippen LogP contribution in [0.3, 0.4) is 0 Å². The summed E-state index contributed by atoms with van der Waals surface area (Å²) in [5.41, 5.74) is 2.50. The monoisotopic (exact) mass is 481 g/mol. The van der Waals surface area contributed by atoms with Crippen LogP contribution < -0.4 is 10.6 Å². The maximum absolute atomic E-state index is 11.7. The molecule has 2 aliphatic heterocycles. The summed E-state index contributed by atoms with van der Waals surface area (Å²) in [7, 11) is 1.84. The summed E-state index contributed by atoms with van der Waals surface area (Å²) >= 11 is 0. The standard InChI is InChI=1S/C20H27N5O.HI/c1-21-19(25-10-4-8-20(14-25)12-18(26)23-13-20)22-9-7-16-11-15-5-2-3-6-17(15)24-16;/h2-3,5-6,11,24H,4,7-10,12-14H2,1H3,(H,21,22)(H,23,26);1H. The molecule has 146 valence electrons. The van der Waals surface area contributed by atoms with Gasteiger partial charge in [0.05, 0.1) is 0 Å². The van der Waals surface area contributed by atoms with E-state index in [2.05, 4.69) is 55.8 Å². The van der Waals surface area contributed by atoms with Crippen molar-refractivity contribution < 1.29 is 4.79 Å². The summed E-state index contributed by atoms with van der Waals surface area (Å²) in [5.74, 6) is 1.13. The fraction of sp³-hybridized carbons (Fsp3) is 0.500. The third-order valence-corrected chi connectivity index (χ3v) is 5.63. The van der Waals surface area contributed by atoms with Gasteiger partial charge in [0.2, 0.25) is 5.91 Å². The van der Waals surface area contributed by atoms with Crippen molar-refractivity contribution in [2.75, 3.05) is 33.2 Å². The summed E-state index contributed by atoms with van der Waals surface area (Å²) in [6.07, 6.45) is 3.80. The molecule has 2 aliphatic rings. The number of carbonyl (C=O) groups is 1. The number of H-pyrrole nitrogens is 1. The lowest BCUT2D eigenvalue weighted by atomic mass is 9.79. The fourth-order valence-electron chi connectivity index (χ4n) is 4.34. The molecule has 1 aromatic carbocycles. The number of para-hydroxylation sites is 1. The lowest BCUT2D eigenvalue weighted by Crippen LogP contribution is -2.51. The third kappa shape index (κ3) is 4.39. The summed E-state index contributed by atoms with van der Waals surface area (Å²) in [6.45, 7) is 3.54. The van der Waals surface area contributed by atoms with Gasteiger partial charge in [0.25, 0.3) is 0 Å². The summed E-state index contributed by atoms with van der Waals surface area (Å²) in [5, 5.41) is 7.76. The van der Waals surface area contributed by atoms with Gasteiger partial charge >= 0.3 is 0 Å². The molecule has 2 fully saturated rings. The second kappa shape index (κ2) is 8.50. The van der Waals surface area contributed by atoms with Crippen LogP contribution in [0.15, 0.2) is 35.3 Å². The number of aromatic nitrogens is 1. The number of hydrogen-bond donors (Lipinski definition) is 3. The number of nitrogens with one attached hydrogen (secondary N) is 3. The number of carbonyl (C=O) groups excluding carboxylic acids is 1. The zero-order valence-corrected chi connectivity index (χ0v) is 18.1. The second-order valence-electron chi connectivity index (χ2n) is 7.58. The molecule has 3 heterocycles. The predicted molar refractivity (Wildman–Crippen MR) is 120 cm³/mol. The molecule has 1 unspecified atom stereocenters. The first-order chi connectivity index (χ1) is 12.7. The number of nitrogens with zero attached hydrogens (tertiary/aromatic N) is 2. The molecule has 1 amide bonds. The zero-order chi connectivity index (χ0) is 18.0. The number of benzene rings is 1. The molecule has 1 spiro atoms. The van der Waals surface area contributed by atoms with Crippen molar-refractivity contribution >= 4 is 46.7 Å². The number of guanidine groups is 1. The minimum absolute atomic E-state index is 0. The van der Waals surface area contributed by atoms with Crippen molar-refractivity contribution in [1.82, 2.24) is 20.5 Å². The number of halogens is 1. The maximum Gasteiger partial charge on any atom is 0.220 e. The largest absolute Gasteiger partial charge is 0.358 e. The van der Waals surface area contributed by atoms with Gasteiger partial charge in [-0.25, -0.2) is 0 Å². The molecule has 7 heteroatoms. The molecule has 6 nitrogen and oxygen atoms in total. The normalized spacial score (nSPS) is 22.8. The van der Waals surface area contributed by atoms with E-state index in [4.69, 9.17) is 0 Å². The highest BCUT2D eigenvalue weighted by molar-refractivity contribution is 14.0. The Morgan fingerprint density at radius 2 is 2.22 bits per heavy atom. The Hall–Kier alpha value is -1.77. The molecule has 2 saturated heterocycles. The van der Waals surface area contributed by atoms with Crippen LogP contribution >= 0.6 is 24.0 Å². The lowest BCUT2D eigenvalue weighted by molar-refractivity contribution is -0.119. The number of piperidine rings is 1.